The highest BCUT2D eigenvalue weighted by Gasteiger charge is 2.34. The summed E-state index contributed by atoms with van der Waals surface area (Å²) in [5, 5.41) is 3.68. The number of benzene rings is 1. The lowest BCUT2D eigenvalue weighted by molar-refractivity contribution is -0.137. The number of hydrazone groups is 1. The van der Waals surface area contributed by atoms with Crippen LogP contribution in [0.15, 0.2) is 29.9 Å². The third-order valence-corrected chi connectivity index (χ3v) is 2.74. The van der Waals surface area contributed by atoms with Crippen molar-refractivity contribution in [1.29, 1.82) is 0 Å². The summed E-state index contributed by atoms with van der Waals surface area (Å²) in [4.78, 5) is 10.8. The Labute approximate surface area is 112 Å². The van der Waals surface area contributed by atoms with Gasteiger partial charge in [-0.3, -0.25) is 0 Å². The van der Waals surface area contributed by atoms with E-state index < -0.39 is 17.8 Å². The van der Waals surface area contributed by atoms with Crippen LogP contribution in [0.1, 0.15) is 23.6 Å². The van der Waals surface area contributed by atoms with E-state index in [0.717, 1.165) is 6.07 Å². The van der Waals surface area contributed by atoms with E-state index in [1.54, 1.807) is 0 Å². The third kappa shape index (κ3) is 2.81. The molecular formula is C13H11F3N2O2. The van der Waals surface area contributed by atoms with Gasteiger partial charge in [-0.05, 0) is 18.6 Å². The maximum absolute atomic E-state index is 13.0. The number of nitrogens with one attached hydrogen (secondary N) is 1. The van der Waals surface area contributed by atoms with Crippen molar-refractivity contribution in [3.8, 4) is 0 Å². The van der Waals surface area contributed by atoms with E-state index in [0.29, 0.717) is 5.57 Å². The molecular weight excluding hydrogens is 273 g/mol. The molecule has 1 amide bonds. The second kappa shape index (κ2) is 4.99. The van der Waals surface area contributed by atoms with Crippen molar-refractivity contribution in [3.05, 3.63) is 41.5 Å². The number of halogens is 3. The largest absolute Gasteiger partial charge is 0.442 e. The number of carbonyl (C=O) groups excluding carboxylic acids is 1. The van der Waals surface area contributed by atoms with Crippen LogP contribution in [-0.2, 0) is 10.9 Å². The fraction of sp³-hybridized carbons (Fsp3) is 0.231. The van der Waals surface area contributed by atoms with Crippen molar-refractivity contribution in [2.45, 2.75) is 13.1 Å². The SMILES string of the molecule is C=C(C)c1ccc(C2=NNC(=O)OC2)cc1C(F)(F)F. The van der Waals surface area contributed by atoms with Crippen molar-refractivity contribution in [2.24, 2.45) is 5.10 Å². The molecule has 1 aliphatic heterocycles. The number of carbonyl (C=O) groups is 1. The molecule has 1 aromatic rings. The summed E-state index contributed by atoms with van der Waals surface area (Å²) in [6.45, 7) is 4.87. The first kappa shape index (κ1) is 14.1. The minimum atomic E-state index is -4.50. The quantitative estimate of drug-likeness (QED) is 0.906. The summed E-state index contributed by atoms with van der Waals surface area (Å²) in [6.07, 6.45) is -5.23. The molecule has 20 heavy (non-hydrogen) atoms. The van der Waals surface area contributed by atoms with E-state index in [-0.39, 0.29) is 23.4 Å². The highest BCUT2D eigenvalue weighted by atomic mass is 19.4. The monoisotopic (exact) mass is 284 g/mol. The molecule has 106 valence electrons. The van der Waals surface area contributed by atoms with Gasteiger partial charge < -0.3 is 4.74 Å². The van der Waals surface area contributed by atoms with Gasteiger partial charge in [0.25, 0.3) is 0 Å². The third-order valence-electron chi connectivity index (χ3n) is 2.74. The van der Waals surface area contributed by atoms with E-state index in [1.807, 2.05) is 0 Å². The number of allylic oxidation sites excluding steroid dienone is 1. The van der Waals surface area contributed by atoms with E-state index in [9.17, 15) is 18.0 Å². The van der Waals surface area contributed by atoms with Crippen LogP contribution in [0.25, 0.3) is 5.57 Å². The number of ether oxygens (including phenoxy) is 1. The molecule has 1 aliphatic rings. The molecule has 0 radical (unpaired) electrons. The van der Waals surface area contributed by atoms with Crippen LogP contribution in [0.5, 0.6) is 0 Å². The smallest absolute Gasteiger partial charge is 0.428 e. The molecule has 0 fully saturated rings. The Morgan fingerprint density at radius 3 is 2.65 bits per heavy atom. The van der Waals surface area contributed by atoms with Crippen molar-refractivity contribution < 1.29 is 22.7 Å². The van der Waals surface area contributed by atoms with Crippen molar-refractivity contribution in [1.82, 2.24) is 5.43 Å². The van der Waals surface area contributed by atoms with Gasteiger partial charge in [0, 0.05) is 5.56 Å². The van der Waals surface area contributed by atoms with Crippen LogP contribution < -0.4 is 5.43 Å². The van der Waals surface area contributed by atoms with Crippen LogP contribution in [0, 0.1) is 0 Å². The lowest BCUT2D eigenvalue weighted by Gasteiger charge is -2.17. The molecule has 1 heterocycles. The Kier molecular flexibility index (Phi) is 3.52. The highest BCUT2D eigenvalue weighted by Crippen LogP contribution is 2.35. The normalized spacial score (nSPS) is 15.2. The minimum absolute atomic E-state index is 0.0302. The zero-order valence-electron chi connectivity index (χ0n) is 10.5. The first-order valence-corrected chi connectivity index (χ1v) is 5.66. The van der Waals surface area contributed by atoms with Crippen LogP contribution in [0.2, 0.25) is 0 Å². The second-order valence-corrected chi connectivity index (χ2v) is 4.28. The van der Waals surface area contributed by atoms with Gasteiger partial charge in [0.2, 0.25) is 0 Å². The van der Waals surface area contributed by atoms with E-state index in [1.165, 1.54) is 19.1 Å². The Balaban J connectivity index is 2.48. The average molecular weight is 284 g/mol. The topological polar surface area (TPSA) is 50.7 Å². The zero-order chi connectivity index (χ0) is 14.9. The Morgan fingerprint density at radius 1 is 1.45 bits per heavy atom. The van der Waals surface area contributed by atoms with E-state index in [4.69, 9.17) is 0 Å². The molecule has 0 aliphatic carbocycles. The van der Waals surface area contributed by atoms with Gasteiger partial charge in [-0.1, -0.05) is 24.3 Å². The molecule has 7 heteroatoms. The molecule has 1 N–H and O–H groups in total. The van der Waals surface area contributed by atoms with Crippen LogP contribution in [-0.4, -0.2) is 18.4 Å². The van der Waals surface area contributed by atoms with Gasteiger partial charge in [0.15, 0.2) is 0 Å². The van der Waals surface area contributed by atoms with Gasteiger partial charge >= 0.3 is 12.3 Å². The number of cyclic esters (lactones) is 1. The van der Waals surface area contributed by atoms with Crippen LogP contribution in [0.3, 0.4) is 0 Å². The Hall–Kier alpha value is -2.31. The number of amides is 1. The molecule has 4 nitrogen and oxygen atoms in total. The number of alkyl halides is 3. The number of rotatable bonds is 2. The van der Waals surface area contributed by atoms with Gasteiger partial charge in [-0.25, -0.2) is 10.2 Å². The predicted molar refractivity (Wildman–Crippen MR) is 67.2 cm³/mol. The van der Waals surface area contributed by atoms with Gasteiger partial charge in [-0.2, -0.15) is 18.3 Å². The molecule has 0 atom stereocenters. The molecule has 0 spiro atoms. The van der Waals surface area contributed by atoms with Crippen molar-refractivity contribution >= 4 is 17.4 Å². The lowest BCUT2D eigenvalue weighted by Crippen LogP contribution is -2.30. The summed E-state index contributed by atoms with van der Waals surface area (Å²) < 4.78 is 43.8. The summed E-state index contributed by atoms with van der Waals surface area (Å²) >= 11 is 0. The average Bonchev–Trinajstić information content (AvgIpc) is 2.38. The van der Waals surface area contributed by atoms with Gasteiger partial charge in [0.05, 0.1) is 5.56 Å². The van der Waals surface area contributed by atoms with Crippen molar-refractivity contribution in [2.75, 3.05) is 6.61 Å². The maximum Gasteiger partial charge on any atom is 0.428 e. The summed E-state index contributed by atoms with van der Waals surface area (Å²) in [5.41, 5.74) is 2.08. The fourth-order valence-corrected chi connectivity index (χ4v) is 1.79. The Morgan fingerprint density at radius 2 is 2.15 bits per heavy atom. The van der Waals surface area contributed by atoms with E-state index >= 15 is 0 Å². The zero-order valence-corrected chi connectivity index (χ0v) is 10.5. The molecule has 1 aromatic carbocycles. The lowest BCUT2D eigenvalue weighted by atomic mass is 9.97. The minimum Gasteiger partial charge on any atom is -0.442 e. The highest BCUT2D eigenvalue weighted by molar-refractivity contribution is 6.04. The predicted octanol–water partition coefficient (Wildman–Crippen LogP) is 3.18. The number of hydrogen-bond acceptors (Lipinski definition) is 3. The fourth-order valence-electron chi connectivity index (χ4n) is 1.79. The number of hydrogen-bond donors (Lipinski definition) is 1. The van der Waals surface area contributed by atoms with Gasteiger partial charge in [0.1, 0.15) is 12.3 Å². The molecule has 0 saturated carbocycles. The van der Waals surface area contributed by atoms with Crippen LogP contribution in [0.4, 0.5) is 18.0 Å². The number of nitrogens with zero attached hydrogens (tertiary/aromatic N) is 1. The first-order chi connectivity index (χ1) is 9.29. The summed E-state index contributed by atoms with van der Waals surface area (Å²) in [7, 11) is 0. The summed E-state index contributed by atoms with van der Waals surface area (Å²) in [5.74, 6) is 0. The maximum atomic E-state index is 13.0. The Bertz CT molecular complexity index is 606. The summed E-state index contributed by atoms with van der Waals surface area (Å²) in [6, 6.07) is 3.79. The van der Waals surface area contributed by atoms with E-state index in [2.05, 4.69) is 21.8 Å². The molecule has 0 saturated heterocycles. The molecule has 0 bridgehead atoms. The molecule has 0 unspecified atom stereocenters. The van der Waals surface area contributed by atoms with Crippen LogP contribution >= 0.6 is 0 Å². The van der Waals surface area contributed by atoms with Crippen molar-refractivity contribution in [3.63, 3.8) is 0 Å². The van der Waals surface area contributed by atoms with Gasteiger partial charge in [-0.15, -0.1) is 0 Å². The first-order valence-electron chi connectivity index (χ1n) is 5.66. The standard InChI is InChI=1S/C13H11F3N2O2/c1-7(2)9-4-3-8(5-10(9)13(14,15)16)11-6-20-12(19)18-17-11/h3-5H,1,6H2,2H3,(H,18,19). The molecule has 0 aromatic heterocycles. The second-order valence-electron chi connectivity index (χ2n) is 4.28. The molecule has 2 rings (SSSR count).